The van der Waals surface area contributed by atoms with E-state index < -0.39 is 0 Å². The van der Waals surface area contributed by atoms with E-state index in [9.17, 15) is 4.79 Å². The van der Waals surface area contributed by atoms with E-state index >= 15 is 0 Å². The quantitative estimate of drug-likeness (QED) is 0.304. The number of carbonyl (C=O) groups is 1. The fourth-order valence-corrected chi connectivity index (χ4v) is 4.89. The standard InChI is InChI=1S/C27H29N9O/c1-16(2)10-23(37)31-18-11-17(13-28-14-18)20-12-19-21(15-30-20)34-35-24(19)27-32-25-22(6-7-29-26(25)33-27)36-8-4-3-5-9-36/h6-7,11-16H,3-5,8-10H2,1-2H3,(H,31,37)(H,34,35)(H,29,32,33). The highest BCUT2D eigenvalue weighted by Crippen LogP contribution is 2.32. The second kappa shape index (κ2) is 9.61. The lowest BCUT2D eigenvalue weighted by Gasteiger charge is -2.28. The van der Waals surface area contributed by atoms with Gasteiger partial charge in [0.15, 0.2) is 11.5 Å². The van der Waals surface area contributed by atoms with Crippen molar-refractivity contribution in [2.24, 2.45) is 5.92 Å². The van der Waals surface area contributed by atoms with Gasteiger partial charge in [-0.3, -0.25) is 19.9 Å². The number of amides is 1. The van der Waals surface area contributed by atoms with E-state index in [2.05, 4.69) is 46.4 Å². The number of hydrogen-bond acceptors (Lipinski definition) is 7. The third-order valence-corrected chi connectivity index (χ3v) is 6.65. The average molecular weight is 496 g/mol. The Balaban J connectivity index is 1.35. The largest absolute Gasteiger partial charge is 0.370 e. The maximum atomic E-state index is 12.2. The smallest absolute Gasteiger partial charge is 0.224 e. The second-order valence-corrected chi connectivity index (χ2v) is 9.96. The third-order valence-electron chi connectivity index (χ3n) is 6.65. The second-order valence-electron chi connectivity index (χ2n) is 9.96. The van der Waals surface area contributed by atoms with Crippen LogP contribution < -0.4 is 10.2 Å². The summed E-state index contributed by atoms with van der Waals surface area (Å²) in [4.78, 5) is 36.3. The van der Waals surface area contributed by atoms with Crippen molar-refractivity contribution in [1.29, 1.82) is 0 Å². The molecule has 188 valence electrons. The van der Waals surface area contributed by atoms with Gasteiger partial charge in [0.2, 0.25) is 5.91 Å². The van der Waals surface area contributed by atoms with Crippen LogP contribution in [0.1, 0.15) is 39.5 Å². The molecule has 1 aliphatic rings. The van der Waals surface area contributed by atoms with E-state index in [4.69, 9.17) is 4.98 Å². The van der Waals surface area contributed by atoms with Gasteiger partial charge in [0.05, 0.1) is 35.0 Å². The third kappa shape index (κ3) is 4.62. The Morgan fingerprint density at radius 1 is 1.11 bits per heavy atom. The molecule has 1 fully saturated rings. The first kappa shape index (κ1) is 23.1. The number of rotatable bonds is 6. The van der Waals surface area contributed by atoms with Crippen LogP contribution in [0.25, 0.3) is 44.8 Å². The molecule has 0 unspecified atom stereocenters. The Labute approximate surface area is 214 Å². The highest BCUT2D eigenvalue weighted by atomic mass is 16.1. The van der Waals surface area contributed by atoms with Gasteiger partial charge < -0.3 is 15.2 Å². The minimum atomic E-state index is -0.0306. The van der Waals surface area contributed by atoms with Crippen molar-refractivity contribution in [3.63, 3.8) is 0 Å². The van der Waals surface area contributed by atoms with Gasteiger partial charge in [-0.15, -0.1) is 0 Å². The molecule has 1 aliphatic heterocycles. The molecule has 1 amide bonds. The Bertz CT molecular complexity index is 1580. The van der Waals surface area contributed by atoms with Gasteiger partial charge in [0, 0.05) is 42.9 Å². The monoisotopic (exact) mass is 495 g/mol. The van der Waals surface area contributed by atoms with Crippen LogP contribution in [0.3, 0.4) is 0 Å². The Morgan fingerprint density at radius 3 is 2.81 bits per heavy atom. The van der Waals surface area contributed by atoms with E-state index in [1.807, 2.05) is 32.2 Å². The first-order valence-corrected chi connectivity index (χ1v) is 12.7. The molecule has 37 heavy (non-hydrogen) atoms. The highest BCUT2D eigenvalue weighted by Gasteiger charge is 2.19. The molecule has 0 radical (unpaired) electrons. The van der Waals surface area contributed by atoms with Gasteiger partial charge in [0.25, 0.3) is 0 Å². The number of H-pyrrole nitrogens is 2. The molecule has 0 saturated carbocycles. The van der Waals surface area contributed by atoms with Crippen molar-refractivity contribution in [3.05, 3.63) is 43.0 Å². The van der Waals surface area contributed by atoms with Crippen LogP contribution >= 0.6 is 0 Å². The van der Waals surface area contributed by atoms with Gasteiger partial charge in [-0.25, -0.2) is 9.97 Å². The van der Waals surface area contributed by atoms with E-state index in [1.54, 1.807) is 18.6 Å². The maximum absolute atomic E-state index is 12.2. The zero-order chi connectivity index (χ0) is 25.4. The van der Waals surface area contributed by atoms with Crippen LogP contribution in [0.15, 0.2) is 43.0 Å². The summed E-state index contributed by atoms with van der Waals surface area (Å²) in [5.41, 5.74) is 6.42. The summed E-state index contributed by atoms with van der Waals surface area (Å²) in [6.07, 6.45) is 11.1. The molecule has 6 heterocycles. The van der Waals surface area contributed by atoms with Crippen LogP contribution in [0.2, 0.25) is 0 Å². The number of imidazole rings is 1. The van der Waals surface area contributed by atoms with Crippen molar-refractivity contribution in [2.45, 2.75) is 39.5 Å². The summed E-state index contributed by atoms with van der Waals surface area (Å²) >= 11 is 0. The molecular formula is C27H29N9O. The zero-order valence-corrected chi connectivity index (χ0v) is 21.0. The maximum Gasteiger partial charge on any atom is 0.224 e. The molecule has 0 aromatic carbocycles. The van der Waals surface area contributed by atoms with Gasteiger partial charge >= 0.3 is 0 Å². The minimum absolute atomic E-state index is 0.0306. The fraction of sp³-hybridized carbons (Fsp3) is 0.333. The van der Waals surface area contributed by atoms with E-state index in [0.29, 0.717) is 29.3 Å². The summed E-state index contributed by atoms with van der Waals surface area (Å²) in [5.74, 6) is 0.907. The number of aromatic amines is 2. The fourth-order valence-electron chi connectivity index (χ4n) is 4.89. The summed E-state index contributed by atoms with van der Waals surface area (Å²) in [7, 11) is 0. The van der Waals surface area contributed by atoms with Gasteiger partial charge in [0.1, 0.15) is 11.2 Å². The van der Waals surface area contributed by atoms with Crippen LogP contribution in [-0.4, -0.2) is 54.1 Å². The average Bonchev–Trinajstić information content (AvgIpc) is 3.52. The molecule has 0 atom stereocenters. The van der Waals surface area contributed by atoms with Crippen LogP contribution in [-0.2, 0) is 4.79 Å². The molecular weight excluding hydrogens is 466 g/mol. The molecule has 6 rings (SSSR count). The van der Waals surface area contributed by atoms with Crippen molar-refractivity contribution >= 4 is 39.3 Å². The lowest BCUT2D eigenvalue weighted by molar-refractivity contribution is -0.116. The van der Waals surface area contributed by atoms with Crippen LogP contribution in [0.5, 0.6) is 0 Å². The van der Waals surface area contributed by atoms with Crippen molar-refractivity contribution in [2.75, 3.05) is 23.3 Å². The predicted octanol–water partition coefficient (Wildman–Crippen LogP) is 4.93. The Hall–Kier alpha value is -4.34. The van der Waals surface area contributed by atoms with E-state index in [-0.39, 0.29) is 11.8 Å². The lowest BCUT2D eigenvalue weighted by atomic mass is 10.1. The van der Waals surface area contributed by atoms with Crippen molar-refractivity contribution < 1.29 is 4.79 Å². The van der Waals surface area contributed by atoms with E-state index in [0.717, 1.165) is 46.5 Å². The summed E-state index contributed by atoms with van der Waals surface area (Å²) < 4.78 is 0. The normalized spacial score (nSPS) is 14.1. The number of carbonyl (C=O) groups excluding carboxylic acids is 1. The summed E-state index contributed by atoms with van der Waals surface area (Å²) in [6, 6.07) is 5.91. The topological polar surface area (TPSA) is 128 Å². The first-order chi connectivity index (χ1) is 18.0. The number of nitrogens with one attached hydrogen (secondary N) is 3. The SMILES string of the molecule is CC(C)CC(=O)Nc1cncc(-c2cc3c(-c4nc5nccc(N6CCCCC6)c5[nH]4)n[nH]c3cn2)c1. The van der Waals surface area contributed by atoms with Crippen LogP contribution in [0, 0.1) is 5.92 Å². The molecule has 5 aromatic rings. The van der Waals surface area contributed by atoms with Gasteiger partial charge in [-0.1, -0.05) is 13.8 Å². The zero-order valence-electron chi connectivity index (χ0n) is 21.0. The van der Waals surface area contributed by atoms with Crippen molar-refractivity contribution in [3.8, 4) is 22.8 Å². The highest BCUT2D eigenvalue weighted by molar-refractivity contribution is 5.96. The molecule has 5 aromatic heterocycles. The van der Waals surface area contributed by atoms with Crippen LogP contribution in [0.4, 0.5) is 11.4 Å². The summed E-state index contributed by atoms with van der Waals surface area (Å²) in [5, 5.41) is 11.4. The lowest BCUT2D eigenvalue weighted by Crippen LogP contribution is -2.29. The number of pyridine rings is 3. The number of anilines is 2. The first-order valence-electron chi connectivity index (χ1n) is 12.7. The number of nitrogens with zero attached hydrogens (tertiary/aromatic N) is 6. The number of aromatic nitrogens is 7. The van der Waals surface area contributed by atoms with Gasteiger partial charge in [-0.2, -0.15) is 5.10 Å². The Morgan fingerprint density at radius 2 is 1.97 bits per heavy atom. The van der Waals surface area contributed by atoms with Gasteiger partial charge in [-0.05, 0) is 43.4 Å². The number of hydrogen-bond donors (Lipinski definition) is 3. The molecule has 1 saturated heterocycles. The molecule has 0 aliphatic carbocycles. The van der Waals surface area contributed by atoms with E-state index in [1.165, 1.54) is 19.3 Å². The number of piperidine rings is 1. The number of fused-ring (bicyclic) bond motifs is 2. The van der Waals surface area contributed by atoms with Crippen molar-refractivity contribution in [1.82, 2.24) is 35.1 Å². The summed E-state index contributed by atoms with van der Waals surface area (Å²) in [6.45, 7) is 6.11. The molecule has 3 N–H and O–H groups in total. The molecule has 10 nitrogen and oxygen atoms in total. The molecule has 10 heteroatoms. The predicted molar refractivity (Wildman–Crippen MR) is 144 cm³/mol. The molecule has 0 spiro atoms. The molecule has 0 bridgehead atoms. The minimum Gasteiger partial charge on any atom is -0.370 e. The Kier molecular flexibility index (Phi) is 5.99.